The molecule has 0 bridgehead atoms. The van der Waals surface area contributed by atoms with E-state index in [1.54, 1.807) is 12.1 Å². The number of aliphatic hydroxyl groups is 1. The van der Waals surface area contributed by atoms with Gasteiger partial charge in [0.1, 0.15) is 11.4 Å². The first-order chi connectivity index (χ1) is 9.37. The molecule has 0 amide bonds. The van der Waals surface area contributed by atoms with Crippen molar-refractivity contribution < 1.29 is 18.6 Å². The maximum absolute atomic E-state index is 13.9. The van der Waals surface area contributed by atoms with Crippen LogP contribution in [0.1, 0.15) is 23.6 Å². The molecule has 2 aromatic carbocycles. The smallest absolute Gasteiger partial charge is 0.165 e. The van der Waals surface area contributed by atoms with Crippen molar-refractivity contribution in [3.8, 4) is 5.75 Å². The van der Waals surface area contributed by atoms with E-state index in [2.05, 4.69) is 0 Å². The van der Waals surface area contributed by atoms with Gasteiger partial charge in [0.2, 0.25) is 0 Å². The number of halogens is 2. The Kier molecular flexibility index (Phi) is 3.77. The summed E-state index contributed by atoms with van der Waals surface area (Å²) in [5.41, 5.74) is -0.535. The molecule has 0 heterocycles. The Labute approximate surface area is 116 Å². The number of hydrogen-bond donors (Lipinski definition) is 1. The summed E-state index contributed by atoms with van der Waals surface area (Å²) in [6.07, 6.45) is 0. The summed E-state index contributed by atoms with van der Waals surface area (Å²) in [4.78, 5) is 0. The molecule has 0 radical (unpaired) electrons. The maximum atomic E-state index is 13.9. The highest BCUT2D eigenvalue weighted by atomic mass is 19.2. The fourth-order valence-corrected chi connectivity index (χ4v) is 2.23. The standard InChI is InChI=1S/C16H16F2O2/c1-10-7-8-14(20-3)12(9-10)16(2,19)11-5-4-6-13(17)15(11)18/h4-9,19H,1-3H3. The second-order valence-electron chi connectivity index (χ2n) is 4.88. The zero-order valence-corrected chi connectivity index (χ0v) is 11.6. The highest BCUT2D eigenvalue weighted by molar-refractivity contribution is 5.46. The van der Waals surface area contributed by atoms with E-state index >= 15 is 0 Å². The molecule has 0 aliphatic carbocycles. The normalized spacial score (nSPS) is 13.9. The highest BCUT2D eigenvalue weighted by Crippen LogP contribution is 2.37. The van der Waals surface area contributed by atoms with Crippen molar-refractivity contribution in [3.63, 3.8) is 0 Å². The monoisotopic (exact) mass is 278 g/mol. The number of hydrogen-bond acceptors (Lipinski definition) is 2. The zero-order valence-electron chi connectivity index (χ0n) is 11.6. The van der Waals surface area contributed by atoms with Crippen molar-refractivity contribution in [1.82, 2.24) is 0 Å². The fourth-order valence-electron chi connectivity index (χ4n) is 2.23. The molecule has 1 unspecified atom stereocenters. The zero-order chi connectivity index (χ0) is 14.9. The van der Waals surface area contributed by atoms with Gasteiger partial charge in [0.15, 0.2) is 11.6 Å². The van der Waals surface area contributed by atoms with E-state index < -0.39 is 17.2 Å². The number of methoxy groups -OCH3 is 1. The molecule has 0 aliphatic rings. The number of aryl methyl sites for hydroxylation is 1. The predicted molar refractivity (Wildman–Crippen MR) is 72.8 cm³/mol. The number of ether oxygens (including phenoxy) is 1. The Morgan fingerprint density at radius 2 is 1.80 bits per heavy atom. The molecule has 0 aliphatic heterocycles. The molecule has 2 rings (SSSR count). The minimum absolute atomic E-state index is 0.124. The van der Waals surface area contributed by atoms with Crippen molar-refractivity contribution in [1.29, 1.82) is 0 Å². The van der Waals surface area contributed by atoms with Gasteiger partial charge in [0.25, 0.3) is 0 Å². The molecule has 0 fully saturated rings. The van der Waals surface area contributed by atoms with Crippen LogP contribution in [-0.2, 0) is 5.60 Å². The predicted octanol–water partition coefficient (Wildman–Crippen LogP) is 3.54. The molecular formula is C16H16F2O2. The Bertz CT molecular complexity index is 636. The summed E-state index contributed by atoms with van der Waals surface area (Å²) in [5.74, 6) is -1.63. The largest absolute Gasteiger partial charge is 0.496 e. The van der Waals surface area contributed by atoms with Gasteiger partial charge in [0.05, 0.1) is 7.11 Å². The van der Waals surface area contributed by atoms with Crippen LogP contribution in [0.25, 0.3) is 0 Å². The Morgan fingerprint density at radius 3 is 2.45 bits per heavy atom. The van der Waals surface area contributed by atoms with Crippen LogP contribution in [0, 0.1) is 18.6 Å². The molecule has 0 spiro atoms. The molecule has 106 valence electrons. The summed E-state index contributed by atoms with van der Waals surface area (Å²) in [6.45, 7) is 3.27. The molecule has 0 aromatic heterocycles. The lowest BCUT2D eigenvalue weighted by atomic mass is 9.86. The second kappa shape index (κ2) is 5.21. The van der Waals surface area contributed by atoms with Crippen molar-refractivity contribution >= 4 is 0 Å². The molecule has 20 heavy (non-hydrogen) atoms. The van der Waals surface area contributed by atoms with Gasteiger partial charge in [-0.3, -0.25) is 0 Å². The molecule has 4 heteroatoms. The minimum atomic E-state index is -1.69. The van der Waals surface area contributed by atoms with Crippen LogP contribution in [0.3, 0.4) is 0 Å². The Balaban J connectivity index is 2.66. The van der Waals surface area contributed by atoms with Gasteiger partial charge in [-0.1, -0.05) is 23.8 Å². The molecule has 2 nitrogen and oxygen atoms in total. The number of rotatable bonds is 3. The first-order valence-corrected chi connectivity index (χ1v) is 6.20. The first-order valence-electron chi connectivity index (χ1n) is 6.20. The lowest BCUT2D eigenvalue weighted by Crippen LogP contribution is -2.25. The third-order valence-corrected chi connectivity index (χ3v) is 3.36. The van der Waals surface area contributed by atoms with E-state index in [4.69, 9.17) is 4.74 Å². The first kappa shape index (κ1) is 14.5. The third kappa shape index (κ3) is 2.39. The second-order valence-corrected chi connectivity index (χ2v) is 4.88. The molecule has 1 N–H and O–H groups in total. The van der Waals surface area contributed by atoms with Crippen molar-refractivity contribution in [2.24, 2.45) is 0 Å². The average Bonchev–Trinajstić information content (AvgIpc) is 2.41. The highest BCUT2D eigenvalue weighted by Gasteiger charge is 2.32. The van der Waals surface area contributed by atoms with Crippen LogP contribution in [0.15, 0.2) is 36.4 Å². The van der Waals surface area contributed by atoms with Crippen molar-refractivity contribution in [2.45, 2.75) is 19.4 Å². The summed E-state index contributed by atoms with van der Waals surface area (Å²) in [6, 6.07) is 8.95. The van der Waals surface area contributed by atoms with Gasteiger partial charge in [-0.2, -0.15) is 0 Å². The van der Waals surface area contributed by atoms with E-state index in [0.717, 1.165) is 11.6 Å². The van der Waals surface area contributed by atoms with Crippen LogP contribution in [-0.4, -0.2) is 12.2 Å². The summed E-state index contributed by atoms with van der Waals surface area (Å²) in [7, 11) is 1.46. The quantitative estimate of drug-likeness (QED) is 0.930. The van der Waals surface area contributed by atoms with Crippen LogP contribution in [0.2, 0.25) is 0 Å². The summed E-state index contributed by atoms with van der Waals surface area (Å²) >= 11 is 0. The molecule has 2 aromatic rings. The molecular weight excluding hydrogens is 262 g/mol. The maximum Gasteiger partial charge on any atom is 0.165 e. The summed E-state index contributed by atoms with van der Waals surface area (Å²) < 4.78 is 32.5. The van der Waals surface area contributed by atoms with Crippen molar-refractivity contribution in [3.05, 3.63) is 64.7 Å². The molecule has 0 saturated heterocycles. The van der Waals surface area contributed by atoms with Crippen LogP contribution in [0.5, 0.6) is 5.75 Å². The van der Waals surface area contributed by atoms with Crippen molar-refractivity contribution in [2.75, 3.05) is 7.11 Å². The van der Waals surface area contributed by atoms with Gasteiger partial charge in [-0.05, 0) is 32.0 Å². The molecule has 1 atom stereocenters. The topological polar surface area (TPSA) is 29.5 Å². The van der Waals surface area contributed by atoms with E-state index in [9.17, 15) is 13.9 Å². The van der Waals surface area contributed by atoms with E-state index in [-0.39, 0.29) is 5.56 Å². The Morgan fingerprint density at radius 1 is 1.10 bits per heavy atom. The fraction of sp³-hybridized carbons (Fsp3) is 0.250. The third-order valence-electron chi connectivity index (χ3n) is 3.36. The van der Waals surface area contributed by atoms with Crippen LogP contribution in [0.4, 0.5) is 8.78 Å². The lowest BCUT2D eigenvalue weighted by Gasteiger charge is -2.27. The SMILES string of the molecule is COc1ccc(C)cc1C(C)(O)c1cccc(F)c1F. The molecule has 0 saturated carbocycles. The van der Waals surface area contributed by atoms with E-state index in [1.165, 1.54) is 26.2 Å². The van der Waals surface area contributed by atoms with Crippen LogP contribution >= 0.6 is 0 Å². The number of benzene rings is 2. The Hall–Kier alpha value is -1.94. The van der Waals surface area contributed by atoms with Gasteiger partial charge in [0, 0.05) is 11.1 Å². The lowest BCUT2D eigenvalue weighted by molar-refractivity contribution is 0.0938. The van der Waals surface area contributed by atoms with E-state index in [0.29, 0.717) is 11.3 Å². The average molecular weight is 278 g/mol. The van der Waals surface area contributed by atoms with Gasteiger partial charge >= 0.3 is 0 Å². The van der Waals surface area contributed by atoms with Gasteiger partial charge in [-0.25, -0.2) is 8.78 Å². The van der Waals surface area contributed by atoms with E-state index in [1.807, 2.05) is 13.0 Å². The van der Waals surface area contributed by atoms with Gasteiger partial charge in [-0.15, -0.1) is 0 Å². The minimum Gasteiger partial charge on any atom is -0.496 e. The summed E-state index contributed by atoms with van der Waals surface area (Å²) in [5, 5.41) is 10.7. The van der Waals surface area contributed by atoms with Gasteiger partial charge < -0.3 is 9.84 Å². The van der Waals surface area contributed by atoms with Crippen LogP contribution < -0.4 is 4.74 Å².